The molecule has 0 N–H and O–H groups in total. The summed E-state index contributed by atoms with van der Waals surface area (Å²) in [7, 11) is 0. The molecule has 2 aliphatic rings. The quantitative estimate of drug-likeness (QED) is 0.393. The van der Waals surface area contributed by atoms with Gasteiger partial charge in [-0.3, -0.25) is 19.3 Å². The molecule has 10 heteroatoms. The molecule has 1 saturated heterocycles. The molecule has 26 heavy (non-hydrogen) atoms. The molecule has 1 aromatic rings. The van der Waals surface area contributed by atoms with Crippen LogP contribution >= 0.6 is 0 Å². The number of benzene rings is 1. The summed E-state index contributed by atoms with van der Waals surface area (Å²) >= 11 is 0. The number of imide groups is 1. The van der Waals surface area contributed by atoms with E-state index in [4.69, 9.17) is 4.74 Å². The van der Waals surface area contributed by atoms with Gasteiger partial charge in [-0.15, -0.1) is 10.1 Å². The Kier molecular flexibility index (Phi) is 5.01. The van der Waals surface area contributed by atoms with E-state index in [-0.39, 0.29) is 30.2 Å². The first-order valence-electron chi connectivity index (χ1n) is 8.15. The number of hydrogen-bond donors (Lipinski definition) is 0. The number of rotatable bonds is 7. The van der Waals surface area contributed by atoms with Gasteiger partial charge in [0.05, 0.1) is 17.7 Å². The molecule has 10 nitrogen and oxygen atoms in total. The van der Waals surface area contributed by atoms with Crippen LogP contribution in [-0.4, -0.2) is 65.5 Å². The standard InChI is InChI=1S/C16H17N3O7/c20-14(17-5-1-2-6-17)10-25-11-3-4-12-13(9-11)16(22)18(15(12)21)7-8-26-19(23)24/h3-4,9H,1-2,5-8,10H2. The molecule has 0 radical (unpaired) electrons. The number of carbonyl (C=O) groups is 3. The minimum absolute atomic E-state index is 0.121. The summed E-state index contributed by atoms with van der Waals surface area (Å²) in [4.78, 5) is 53.5. The van der Waals surface area contributed by atoms with Crippen molar-refractivity contribution in [3.63, 3.8) is 0 Å². The van der Waals surface area contributed by atoms with E-state index in [1.54, 1.807) is 4.90 Å². The van der Waals surface area contributed by atoms with E-state index in [0.717, 1.165) is 30.8 Å². The number of amides is 3. The summed E-state index contributed by atoms with van der Waals surface area (Å²) in [5.74, 6) is -0.935. The monoisotopic (exact) mass is 363 g/mol. The van der Waals surface area contributed by atoms with Gasteiger partial charge in [0.15, 0.2) is 6.61 Å². The molecular formula is C16H17N3O7. The van der Waals surface area contributed by atoms with Crippen LogP contribution in [0.15, 0.2) is 18.2 Å². The Hall–Kier alpha value is -3.17. The maximum atomic E-state index is 12.3. The van der Waals surface area contributed by atoms with Crippen LogP contribution < -0.4 is 4.74 Å². The van der Waals surface area contributed by atoms with E-state index in [2.05, 4.69) is 4.84 Å². The summed E-state index contributed by atoms with van der Waals surface area (Å²) < 4.78 is 5.45. The van der Waals surface area contributed by atoms with Gasteiger partial charge in [0.1, 0.15) is 12.4 Å². The van der Waals surface area contributed by atoms with Gasteiger partial charge < -0.3 is 14.5 Å². The summed E-state index contributed by atoms with van der Waals surface area (Å²) in [6.07, 6.45) is 1.97. The summed E-state index contributed by atoms with van der Waals surface area (Å²) in [6.45, 7) is 0.686. The predicted octanol–water partition coefficient (Wildman–Crippen LogP) is 0.492. The van der Waals surface area contributed by atoms with Crippen molar-refractivity contribution in [2.75, 3.05) is 32.8 Å². The third-order valence-electron chi connectivity index (χ3n) is 4.27. The first-order valence-corrected chi connectivity index (χ1v) is 8.15. The lowest BCUT2D eigenvalue weighted by Gasteiger charge is -2.15. The Bertz CT molecular complexity index is 758. The number of ether oxygens (including phenoxy) is 1. The number of likely N-dealkylation sites (tertiary alicyclic amines) is 1. The zero-order chi connectivity index (χ0) is 18.7. The van der Waals surface area contributed by atoms with Crippen molar-refractivity contribution < 1.29 is 29.0 Å². The van der Waals surface area contributed by atoms with Gasteiger partial charge in [-0.2, -0.15) is 0 Å². The molecule has 0 spiro atoms. The SMILES string of the molecule is O=C(COc1ccc2c(c1)C(=O)N(CCO[N+](=O)[O-])C2=O)N1CCCC1. The van der Waals surface area contributed by atoms with Crippen LogP contribution in [0.3, 0.4) is 0 Å². The molecular weight excluding hydrogens is 346 g/mol. The summed E-state index contributed by atoms with van der Waals surface area (Å²) in [6, 6.07) is 4.36. The Morgan fingerprint density at radius 2 is 1.85 bits per heavy atom. The number of carbonyl (C=O) groups excluding carboxylic acids is 3. The molecule has 0 saturated carbocycles. The second kappa shape index (κ2) is 7.38. The fourth-order valence-electron chi connectivity index (χ4n) is 2.97. The topological polar surface area (TPSA) is 119 Å². The van der Waals surface area contributed by atoms with Crippen molar-refractivity contribution >= 4 is 17.7 Å². The Labute approximate surface area is 148 Å². The van der Waals surface area contributed by atoms with Crippen LogP contribution in [0.2, 0.25) is 0 Å². The first-order chi connectivity index (χ1) is 12.5. The largest absolute Gasteiger partial charge is 0.484 e. The molecule has 0 bridgehead atoms. The van der Waals surface area contributed by atoms with E-state index in [1.807, 2.05) is 0 Å². The Morgan fingerprint density at radius 1 is 1.15 bits per heavy atom. The van der Waals surface area contributed by atoms with Crippen LogP contribution in [0.4, 0.5) is 0 Å². The third-order valence-corrected chi connectivity index (χ3v) is 4.27. The van der Waals surface area contributed by atoms with Gasteiger partial charge in [-0.1, -0.05) is 0 Å². The average Bonchev–Trinajstić information content (AvgIpc) is 3.23. The van der Waals surface area contributed by atoms with Gasteiger partial charge >= 0.3 is 0 Å². The van der Waals surface area contributed by atoms with Crippen molar-refractivity contribution in [3.8, 4) is 5.75 Å². The molecule has 2 aliphatic heterocycles. The van der Waals surface area contributed by atoms with Crippen LogP contribution in [0.1, 0.15) is 33.6 Å². The minimum Gasteiger partial charge on any atom is -0.484 e. The molecule has 1 fully saturated rings. The van der Waals surface area contributed by atoms with Crippen molar-refractivity contribution in [2.24, 2.45) is 0 Å². The number of fused-ring (bicyclic) bond motifs is 1. The van der Waals surface area contributed by atoms with Gasteiger partial charge in [-0.25, -0.2) is 0 Å². The molecule has 138 valence electrons. The van der Waals surface area contributed by atoms with Crippen molar-refractivity contribution in [1.82, 2.24) is 9.80 Å². The molecule has 3 rings (SSSR count). The van der Waals surface area contributed by atoms with Crippen LogP contribution in [0.25, 0.3) is 0 Å². The summed E-state index contributed by atoms with van der Waals surface area (Å²) in [5.41, 5.74) is 0.330. The number of nitrogens with zero attached hydrogens (tertiary/aromatic N) is 3. The number of hydrogen-bond acceptors (Lipinski definition) is 7. The maximum absolute atomic E-state index is 12.3. The normalized spacial score (nSPS) is 16.0. The lowest BCUT2D eigenvalue weighted by atomic mass is 10.1. The average molecular weight is 363 g/mol. The highest BCUT2D eigenvalue weighted by atomic mass is 16.9. The van der Waals surface area contributed by atoms with Crippen molar-refractivity contribution in [2.45, 2.75) is 12.8 Å². The van der Waals surface area contributed by atoms with E-state index < -0.39 is 23.5 Å². The van der Waals surface area contributed by atoms with Crippen molar-refractivity contribution in [1.29, 1.82) is 0 Å². The Morgan fingerprint density at radius 3 is 2.54 bits per heavy atom. The molecule has 2 heterocycles. The van der Waals surface area contributed by atoms with E-state index in [9.17, 15) is 24.5 Å². The van der Waals surface area contributed by atoms with E-state index in [0.29, 0.717) is 5.75 Å². The van der Waals surface area contributed by atoms with Gasteiger partial charge in [-0.05, 0) is 31.0 Å². The minimum atomic E-state index is -0.985. The van der Waals surface area contributed by atoms with Gasteiger partial charge in [0, 0.05) is 13.1 Å². The molecule has 0 aliphatic carbocycles. The highest BCUT2D eigenvalue weighted by Crippen LogP contribution is 2.26. The lowest BCUT2D eigenvalue weighted by Crippen LogP contribution is -2.33. The van der Waals surface area contributed by atoms with Crippen LogP contribution in [-0.2, 0) is 9.63 Å². The molecule has 0 aromatic heterocycles. The molecule has 0 atom stereocenters. The van der Waals surface area contributed by atoms with E-state index in [1.165, 1.54) is 18.2 Å². The molecule has 1 aromatic carbocycles. The molecule has 0 unspecified atom stereocenters. The Balaban J connectivity index is 1.63. The van der Waals surface area contributed by atoms with Crippen LogP contribution in [0, 0.1) is 10.1 Å². The fourth-order valence-corrected chi connectivity index (χ4v) is 2.97. The molecule has 3 amide bonds. The first kappa shape index (κ1) is 17.6. The lowest BCUT2D eigenvalue weighted by molar-refractivity contribution is -0.757. The maximum Gasteiger partial charge on any atom is 0.294 e. The zero-order valence-corrected chi connectivity index (χ0v) is 13.9. The second-order valence-electron chi connectivity index (χ2n) is 5.90. The third kappa shape index (κ3) is 3.58. The predicted molar refractivity (Wildman–Crippen MR) is 86.1 cm³/mol. The van der Waals surface area contributed by atoms with Crippen LogP contribution in [0.5, 0.6) is 5.75 Å². The second-order valence-corrected chi connectivity index (χ2v) is 5.90. The van der Waals surface area contributed by atoms with Gasteiger partial charge in [0.2, 0.25) is 0 Å². The highest BCUT2D eigenvalue weighted by Gasteiger charge is 2.35. The zero-order valence-electron chi connectivity index (χ0n) is 13.9. The summed E-state index contributed by atoms with van der Waals surface area (Å²) in [5, 5.41) is 9.18. The van der Waals surface area contributed by atoms with Gasteiger partial charge in [0.25, 0.3) is 22.8 Å². The fraction of sp³-hybridized carbons (Fsp3) is 0.438. The van der Waals surface area contributed by atoms with Crippen molar-refractivity contribution in [3.05, 3.63) is 39.4 Å². The smallest absolute Gasteiger partial charge is 0.294 e. The van der Waals surface area contributed by atoms with E-state index >= 15 is 0 Å². The highest BCUT2D eigenvalue weighted by molar-refractivity contribution is 6.21.